The zero-order valence-electron chi connectivity index (χ0n) is 14.3. The average Bonchev–Trinajstić information content (AvgIpc) is 2.63. The summed E-state index contributed by atoms with van der Waals surface area (Å²) >= 11 is 24.4. The normalized spacial score (nSPS) is 13.8. The first kappa shape index (κ1) is 22.0. The molecule has 0 heterocycles. The molecular formula is C19H12Cl4O5S. The lowest BCUT2D eigenvalue weighted by molar-refractivity contribution is 0.456. The first-order valence-corrected chi connectivity index (χ1v) is 10.8. The van der Waals surface area contributed by atoms with Crippen molar-refractivity contribution in [2.45, 2.75) is 4.75 Å². The molecule has 3 rings (SSSR count). The van der Waals surface area contributed by atoms with Gasteiger partial charge in [-0.2, -0.15) is 8.42 Å². The smallest absolute Gasteiger partial charge is 0.283 e. The molecule has 1 atom stereocenters. The summed E-state index contributed by atoms with van der Waals surface area (Å²) in [6.45, 7) is 0. The Kier molecular flexibility index (Phi) is 5.98. The zero-order valence-corrected chi connectivity index (χ0v) is 18.1. The van der Waals surface area contributed by atoms with Gasteiger partial charge < -0.3 is 10.2 Å². The van der Waals surface area contributed by atoms with Gasteiger partial charge in [0.15, 0.2) is 10.5 Å². The predicted molar refractivity (Wildman–Crippen MR) is 114 cm³/mol. The Labute approximate surface area is 186 Å². The van der Waals surface area contributed by atoms with E-state index in [2.05, 4.69) is 0 Å². The molecule has 10 heteroatoms. The van der Waals surface area contributed by atoms with Crippen LogP contribution in [0.4, 0.5) is 0 Å². The van der Waals surface area contributed by atoms with Gasteiger partial charge in [0.2, 0.25) is 0 Å². The first-order valence-electron chi connectivity index (χ1n) is 7.89. The molecule has 5 nitrogen and oxygen atoms in total. The highest BCUT2D eigenvalue weighted by Crippen LogP contribution is 2.49. The molecule has 3 aromatic rings. The molecule has 0 amide bonds. The lowest BCUT2D eigenvalue weighted by Crippen LogP contribution is -2.38. The SMILES string of the molecule is O=S(=O)(O)C(c1ccc(O)c(Cl)c1)(c1cc(Cl)c(O)c(Cl)c1)c1ccccc1Cl. The Morgan fingerprint density at radius 1 is 0.724 bits per heavy atom. The van der Waals surface area contributed by atoms with Crippen molar-refractivity contribution in [2.24, 2.45) is 0 Å². The van der Waals surface area contributed by atoms with Crippen LogP contribution in [0.3, 0.4) is 0 Å². The van der Waals surface area contributed by atoms with Gasteiger partial charge in [-0.1, -0.05) is 70.7 Å². The van der Waals surface area contributed by atoms with Crippen molar-refractivity contribution in [3.8, 4) is 11.5 Å². The summed E-state index contributed by atoms with van der Waals surface area (Å²) in [6, 6.07) is 11.9. The average molecular weight is 494 g/mol. The van der Waals surface area contributed by atoms with Crippen LogP contribution < -0.4 is 0 Å². The second-order valence-corrected chi connectivity index (χ2v) is 9.28. The molecular weight excluding hydrogens is 482 g/mol. The summed E-state index contributed by atoms with van der Waals surface area (Å²) in [6.07, 6.45) is 0. The molecule has 3 aromatic carbocycles. The van der Waals surface area contributed by atoms with Gasteiger partial charge in [0.25, 0.3) is 10.1 Å². The fraction of sp³-hybridized carbons (Fsp3) is 0.0526. The van der Waals surface area contributed by atoms with Crippen molar-refractivity contribution >= 4 is 56.5 Å². The molecule has 152 valence electrons. The summed E-state index contributed by atoms with van der Waals surface area (Å²) in [4.78, 5) is 0. The van der Waals surface area contributed by atoms with Gasteiger partial charge in [-0.25, -0.2) is 0 Å². The van der Waals surface area contributed by atoms with E-state index < -0.39 is 20.6 Å². The number of benzene rings is 3. The second kappa shape index (κ2) is 7.87. The fourth-order valence-electron chi connectivity index (χ4n) is 3.16. The molecule has 0 radical (unpaired) electrons. The van der Waals surface area contributed by atoms with Crippen LogP contribution in [0.2, 0.25) is 20.1 Å². The van der Waals surface area contributed by atoms with E-state index in [0.717, 1.165) is 12.1 Å². The van der Waals surface area contributed by atoms with Gasteiger partial charge in [-0.05, 0) is 41.5 Å². The molecule has 0 fully saturated rings. The monoisotopic (exact) mass is 492 g/mol. The maximum Gasteiger partial charge on any atom is 0.283 e. The van der Waals surface area contributed by atoms with Crippen molar-refractivity contribution in [3.05, 3.63) is 91.4 Å². The molecule has 0 saturated heterocycles. The van der Waals surface area contributed by atoms with E-state index in [1.165, 1.54) is 36.4 Å². The maximum absolute atomic E-state index is 13.0. The van der Waals surface area contributed by atoms with Gasteiger partial charge in [0, 0.05) is 10.6 Å². The minimum absolute atomic E-state index is 0.0104. The van der Waals surface area contributed by atoms with E-state index in [0.29, 0.717) is 0 Å². The van der Waals surface area contributed by atoms with Gasteiger partial charge in [0.1, 0.15) is 5.75 Å². The number of rotatable bonds is 4. The van der Waals surface area contributed by atoms with E-state index in [1.54, 1.807) is 6.07 Å². The first-order chi connectivity index (χ1) is 13.5. The number of aromatic hydroxyl groups is 2. The van der Waals surface area contributed by atoms with Crippen molar-refractivity contribution in [3.63, 3.8) is 0 Å². The Morgan fingerprint density at radius 2 is 1.28 bits per heavy atom. The third-order valence-electron chi connectivity index (χ3n) is 4.42. The molecule has 0 bridgehead atoms. The second-order valence-electron chi connectivity index (χ2n) is 6.09. The maximum atomic E-state index is 13.0. The van der Waals surface area contributed by atoms with E-state index >= 15 is 0 Å². The minimum Gasteiger partial charge on any atom is -0.506 e. The molecule has 0 aliphatic carbocycles. The zero-order chi connectivity index (χ0) is 21.6. The molecule has 29 heavy (non-hydrogen) atoms. The third kappa shape index (κ3) is 3.65. The summed E-state index contributed by atoms with van der Waals surface area (Å²) in [5.74, 6) is -0.746. The number of hydrogen-bond acceptors (Lipinski definition) is 4. The molecule has 0 aliphatic rings. The highest BCUT2D eigenvalue weighted by Gasteiger charge is 2.50. The van der Waals surface area contributed by atoms with Crippen LogP contribution in [0.15, 0.2) is 54.6 Å². The minimum atomic E-state index is -5.01. The van der Waals surface area contributed by atoms with E-state index in [-0.39, 0.29) is 42.5 Å². The number of hydrogen-bond donors (Lipinski definition) is 3. The van der Waals surface area contributed by atoms with Gasteiger partial charge in [-0.3, -0.25) is 4.55 Å². The Hall–Kier alpha value is -1.67. The van der Waals surface area contributed by atoms with E-state index in [9.17, 15) is 23.2 Å². The lowest BCUT2D eigenvalue weighted by atomic mass is 9.83. The molecule has 0 spiro atoms. The summed E-state index contributed by atoms with van der Waals surface area (Å²) in [7, 11) is -5.01. The predicted octanol–water partition coefficient (Wildman–Crippen LogP) is 5.89. The molecule has 3 N–H and O–H groups in total. The third-order valence-corrected chi connectivity index (χ3v) is 7.09. The Balaban J connectivity index is 2.58. The van der Waals surface area contributed by atoms with Crippen LogP contribution in [-0.2, 0) is 14.9 Å². The van der Waals surface area contributed by atoms with E-state index in [1.807, 2.05) is 0 Å². The van der Waals surface area contributed by atoms with Crippen LogP contribution in [0.1, 0.15) is 16.7 Å². The van der Waals surface area contributed by atoms with Crippen LogP contribution in [0.25, 0.3) is 0 Å². The summed E-state index contributed by atoms with van der Waals surface area (Å²) < 4.78 is 34.1. The van der Waals surface area contributed by atoms with Gasteiger partial charge in [0.05, 0.1) is 15.1 Å². The van der Waals surface area contributed by atoms with Crippen LogP contribution in [0, 0.1) is 0 Å². The van der Waals surface area contributed by atoms with Crippen molar-refractivity contribution in [1.82, 2.24) is 0 Å². The highest BCUT2D eigenvalue weighted by atomic mass is 35.5. The van der Waals surface area contributed by atoms with Gasteiger partial charge >= 0.3 is 0 Å². The van der Waals surface area contributed by atoms with Crippen LogP contribution >= 0.6 is 46.4 Å². The highest BCUT2D eigenvalue weighted by molar-refractivity contribution is 7.87. The van der Waals surface area contributed by atoms with Crippen molar-refractivity contribution < 1.29 is 23.2 Å². The lowest BCUT2D eigenvalue weighted by Gasteiger charge is -2.33. The van der Waals surface area contributed by atoms with Crippen molar-refractivity contribution in [2.75, 3.05) is 0 Å². The molecule has 0 aromatic heterocycles. The molecule has 1 unspecified atom stereocenters. The van der Waals surface area contributed by atoms with Crippen LogP contribution in [-0.4, -0.2) is 23.2 Å². The van der Waals surface area contributed by atoms with Gasteiger partial charge in [-0.15, -0.1) is 0 Å². The summed E-state index contributed by atoms with van der Waals surface area (Å²) in [5.41, 5.74) is -0.139. The Bertz CT molecular complexity index is 1190. The van der Waals surface area contributed by atoms with E-state index in [4.69, 9.17) is 46.4 Å². The molecule has 0 aliphatic heterocycles. The number of halogens is 4. The fourth-order valence-corrected chi connectivity index (χ4v) is 5.45. The topological polar surface area (TPSA) is 94.8 Å². The Morgan fingerprint density at radius 3 is 1.79 bits per heavy atom. The largest absolute Gasteiger partial charge is 0.506 e. The quantitative estimate of drug-likeness (QED) is 0.311. The molecule has 0 saturated carbocycles. The summed E-state index contributed by atoms with van der Waals surface area (Å²) in [5, 5.41) is 19.1. The standard InChI is InChI=1S/C19H12Cl4O5S/c20-13-4-2-1-3-12(13)19(29(26,27)28,10-5-6-17(24)14(21)7-10)11-8-15(22)18(25)16(23)9-11/h1-9,24-25H,(H,26,27,28). The van der Waals surface area contributed by atoms with Crippen molar-refractivity contribution in [1.29, 1.82) is 0 Å². The van der Waals surface area contributed by atoms with Crippen LogP contribution in [0.5, 0.6) is 11.5 Å². The number of phenols is 2. The number of phenolic OH excluding ortho intramolecular Hbond substituents is 2.